The number of nitrogens with zero attached hydrogens (tertiary/aromatic N) is 2. The summed E-state index contributed by atoms with van der Waals surface area (Å²) in [6.45, 7) is 4.27. The summed E-state index contributed by atoms with van der Waals surface area (Å²) in [5, 5.41) is 11.1. The number of nitro benzene ring substituents is 1. The highest BCUT2D eigenvalue weighted by Gasteiger charge is 2.42. The first-order valence-electron chi connectivity index (χ1n) is 7.46. The number of nitro groups is 1. The van der Waals surface area contributed by atoms with Gasteiger partial charge in [-0.05, 0) is 18.9 Å². The van der Waals surface area contributed by atoms with Crippen molar-refractivity contribution in [3.05, 3.63) is 39.4 Å². The number of hydrogen-bond donors (Lipinski definition) is 1. The summed E-state index contributed by atoms with van der Waals surface area (Å²) in [5.41, 5.74) is -0.217. The highest BCUT2D eigenvalue weighted by atomic mass is 16.6. The van der Waals surface area contributed by atoms with Gasteiger partial charge < -0.3 is 4.90 Å². The first kappa shape index (κ1) is 14.6. The van der Waals surface area contributed by atoms with E-state index in [0.717, 1.165) is 30.8 Å². The molecule has 2 aliphatic heterocycles. The minimum absolute atomic E-state index is 0.0676. The van der Waals surface area contributed by atoms with Crippen LogP contribution in [0, 0.1) is 16.0 Å². The van der Waals surface area contributed by atoms with Crippen LogP contribution in [-0.2, 0) is 0 Å². The van der Waals surface area contributed by atoms with Crippen LogP contribution < -0.4 is 4.90 Å². The van der Waals surface area contributed by atoms with Gasteiger partial charge in [0.2, 0.25) is 0 Å². The van der Waals surface area contributed by atoms with Crippen molar-refractivity contribution in [2.24, 2.45) is 5.92 Å². The molecule has 3 rings (SSSR count). The standard InChI is InChI=1S/C15H17N3O4/c1-10-4-3-7-16(8-10)9-17-14(19)11-5-2-6-12(18(21)22)13(11)15(17)20/h2,5-6,10H,3-4,7-9H2,1H3/p+1/t10-/m1/s1. The summed E-state index contributed by atoms with van der Waals surface area (Å²) in [6.07, 6.45) is 2.23. The summed E-state index contributed by atoms with van der Waals surface area (Å²) < 4.78 is 0. The second-order valence-electron chi connectivity index (χ2n) is 6.10. The first-order chi connectivity index (χ1) is 10.5. The summed E-state index contributed by atoms with van der Waals surface area (Å²) in [6, 6.07) is 4.20. The maximum Gasteiger partial charge on any atom is 0.282 e. The predicted molar refractivity (Wildman–Crippen MR) is 77.6 cm³/mol. The van der Waals surface area contributed by atoms with Crippen molar-refractivity contribution < 1.29 is 19.4 Å². The number of rotatable bonds is 3. The lowest BCUT2D eigenvalue weighted by Crippen LogP contribution is -3.15. The van der Waals surface area contributed by atoms with E-state index in [-0.39, 0.29) is 23.5 Å². The van der Waals surface area contributed by atoms with Gasteiger partial charge in [0.15, 0.2) is 6.67 Å². The van der Waals surface area contributed by atoms with Crippen LogP contribution in [0.4, 0.5) is 5.69 Å². The van der Waals surface area contributed by atoms with Crippen LogP contribution >= 0.6 is 0 Å². The summed E-state index contributed by atoms with van der Waals surface area (Å²) >= 11 is 0. The lowest BCUT2D eigenvalue weighted by molar-refractivity contribution is -0.915. The molecule has 0 saturated carbocycles. The molecule has 0 bridgehead atoms. The molecule has 0 aliphatic carbocycles. The Balaban J connectivity index is 1.87. The topological polar surface area (TPSA) is 85.0 Å². The Hall–Kier alpha value is -2.28. The number of nitrogens with one attached hydrogen (secondary N) is 1. The third kappa shape index (κ3) is 2.37. The van der Waals surface area contributed by atoms with Crippen molar-refractivity contribution >= 4 is 17.5 Å². The van der Waals surface area contributed by atoms with Crippen LogP contribution in [0.5, 0.6) is 0 Å². The average molecular weight is 304 g/mol. The Bertz CT molecular complexity index is 658. The van der Waals surface area contributed by atoms with Crippen LogP contribution in [0.3, 0.4) is 0 Å². The summed E-state index contributed by atoms with van der Waals surface area (Å²) in [7, 11) is 0. The number of benzene rings is 1. The van der Waals surface area contributed by atoms with E-state index in [1.807, 2.05) is 0 Å². The van der Waals surface area contributed by atoms with Crippen LogP contribution in [0.1, 0.15) is 40.5 Å². The van der Waals surface area contributed by atoms with Gasteiger partial charge in [-0.1, -0.05) is 13.0 Å². The van der Waals surface area contributed by atoms with Gasteiger partial charge in [0.25, 0.3) is 17.5 Å². The molecule has 0 spiro atoms. The van der Waals surface area contributed by atoms with Gasteiger partial charge in [-0.25, -0.2) is 4.90 Å². The number of carbonyl (C=O) groups is 2. The minimum atomic E-state index is -0.608. The van der Waals surface area contributed by atoms with Gasteiger partial charge in [0.05, 0.1) is 23.6 Å². The fraction of sp³-hybridized carbons (Fsp3) is 0.467. The molecule has 1 saturated heterocycles. The van der Waals surface area contributed by atoms with Crippen molar-refractivity contribution in [3.8, 4) is 0 Å². The van der Waals surface area contributed by atoms with Crippen molar-refractivity contribution in [1.29, 1.82) is 0 Å². The van der Waals surface area contributed by atoms with Gasteiger partial charge in [-0.15, -0.1) is 0 Å². The third-order valence-corrected chi connectivity index (χ3v) is 4.42. The first-order valence-corrected chi connectivity index (χ1v) is 7.46. The molecule has 2 amide bonds. The van der Waals surface area contributed by atoms with Gasteiger partial charge in [0, 0.05) is 12.0 Å². The van der Waals surface area contributed by atoms with Gasteiger partial charge in [-0.3, -0.25) is 19.7 Å². The molecular formula is C15H18N3O4+. The molecule has 1 aromatic rings. The Kier molecular flexibility index (Phi) is 3.66. The smallest absolute Gasteiger partial charge is 0.282 e. The average Bonchev–Trinajstić information content (AvgIpc) is 2.72. The molecule has 1 unspecified atom stereocenters. The maximum absolute atomic E-state index is 12.5. The molecular weight excluding hydrogens is 286 g/mol. The van der Waals surface area contributed by atoms with Gasteiger partial charge >= 0.3 is 0 Å². The Morgan fingerprint density at radius 3 is 2.82 bits per heavy atom. The molecule has 0 radical (unpaired) electrons. The van der Waals surface area contributed by atoms with Crippen LogP contribution in [0.2, 0.25) is 0 Å². The largest absolute Gasteiger partial charge is 0.317 e. The Morgan fingerprint density at radius 2 is 2.14 bits per heavy atom. The second-order valence-corrected chi connectivity index (χ2v) is 6.10. The van der Waals surface area contributed by atoms with E-state index in [1.165, 1.54) is 23.1 Å². The number of amides is 2. The van der Waals surface area contributed by atoms with Gasteiger partial charge in [0.1, 0.15) is 5.56 Å². The van der Waals surface area contributed by atoms with E-state index in [4.69, 9.17) is 0 Å². The number of quaternary nitrogens is 1. The summed E-state index contributed by atoms with van der Waals surface area (Å²) in [4.78, 5) is 37.7. The minimum Gasteiger partial charge on any atom is -0.317 e. The molecule has 1 fully saturated rings. The van der Waals surface area contributed by atoms with Crippen LogP contribution in [0.15, 0.2) is 18.2 Å². The lowest BCUT2D eigenvalue weighted by Gasteiger charge is -2.30. The quantitative estimate of drug-likeness (QED) is 0.499. The van der Waals surface area contributed by atoms with Gasteiger partial charge in [-0.2, -0.15) is 0 Å². The van der Waals surface area contributed by atoms with E-state index < -0.39 is 16.7 Å². The molecule has 0 aromatic heterocycles. The SMILES string of the molecule is C[C@@H]1CCC[NH+](CN2C(=O)c3cccc([N+](=O)[O-])c3C2=O)C1. The number of likely N-dealkylation sites (tertiary alicyclic amines) is 1. The van der Waals surface area contributed by atoms with E-state index in [0.29, 0.717) is 5.92 Å². The fourth-order valence-corrected chi connectivity index (χ4v) is 3.38. The monoisotopic (exact) mass is 304 g/mol. The van der Waals surface area contributed by atoms with Crippen molar-refractivity contribution in [2.45, 2.75) is 19.8 Å². The predicted octanol–water partition coefficient (Wildman–Crippen LogP) is 0.463. The lowest BCUT2D eigenvalue weighted by atomic mass is 10.0. The molecule has 116 valence electrons. The maximum atomic E-state index is 12.5. The van der Waals surface area contributed by atoms with E-state index in [9.17, 15) is 19.7 Å². The zero-order chi connectivity index (χ0) is 15.9. The second kappa shape index (κ2) is 5.49. The highest BCUT2D eigenvalue weighted by molar-refractivity contribution is 6.23. The molecule has 7 nitrogen and oxygen atoms in total. The molecule has 2 aliphatic rings. The number of piperidine rings is 1. The van der Waals surface area contributed by atoms with E-state index in [2.05, 4.69) is 6.92 Å². The van der Waals surface area contributed by atoms with Crippen LogP contribution in [-0.4, -0.2) is 41.4 Å². The highest BCUT2D eigenvalue weighted by Crippen LogP contribution is 2.30. The molecule has 2 atom stereocenters. The number of imide groups is 1. The zero-order valence-electron chi connectivity index (χ0n) is 12.4. The normalized spacial score (nSPS) is 24.5. The summed E-state index contributed by atoms with van der Waals surface area (Å²) in [5.74, 6) is -0.402. The van der Waals surface area contributed by atoms with Crippen molar-refractivity contribution in [1.82, 2.24) is 4.90 Å². The Labute approximate surface area is 127 Å². The Morgan fingerprint density at radius 1 is 1.36 bits per heavy atom. The van der Waals surface area contributed by atoms with Crippen molar-refractivity contribution in [2.75, 3.05) is 19.8 Å². The number of fused-ring (bicyclic) bond motifs is 1. The molecule has 1 aromatic carbocycles. The number of hydrogen-bond acceptors (Lipinski definition) is 4. The zero-order valence-corrected chi connectivity index (χ0v) is 12.4. The van der Waals surface area contributed by atoms with Crippen molar-refractivity contribution in [3.63, 3.8) is 0 Å². The fourth-order valence-electron chi connectivity index (χ4n) is 3.38. The molecule has 2 heterocycles. The van der Waals surface area contributed by atoms with Crippen LogP contribution in [0.25, 0.3) is 0 Å². The third-order valence-electron chi connectivity index (χ3n) is 4.42. The van der Waals surface area contributed by atoms with E-state index >= 15 is 0 Å². The van der Waals surface area contributed by atoms with E-state index in [1.54, 1.807) is 0 Å². The molecule has 22 heavy (non-hydrogen) atoms. The molecule has 1 N–H and O–H groups in total. The number of carbonyl (C=O) groups excluding carboxylic acids is 2. The molecule has 7 heteroatoms.